The molecule has 0 N–H and O–H groups in total. The van der Waals surface area contributed by atoms with E-state index in [4.69, 9.17) is 4.74 Å². The van der Waals surface area contributed by atoms with Crippen LogP contribution in [0.5, 0.6) is 0 Å². The second-order valence-corrected chi connectivity index (χ2v) is 11.5. The molecule has 0 unspecified atom stereocenters. The second-order valence-electron chi connectivity index (χ2n) is 8.49. The molecule has 0 spiro atoms. The fourth-order valence-electron chi connectivity index (χ4n) is 4.57. The second kappa shape index (κ2) is 9.22. The molecular weight excluding hydrogens is 470 g/mol. The summed E-state index contributed by atoms with van der Waals surface area (Å²) in [7, 11) is -3.70. The van der Waals surface area contributed by atoms with Crippen molar-refractivity contribution < 1.29 is 17.9 Å². The highest BCUT2D eigenvalue weighted by molar-refractivity contribution is 7.89. The van der Waals surface area contributed by atoms with Crippen LogP contribution >= 0.6 is 11.3 Å². The molecule has 0 radical (unpaired) electrons. The van der Waals surface area contributed by atoms with Gasteiger partial charge in [0.25, 0.3) is 5.91 Å². The number of sulfonamides is 1. The van der Waals surface area contributed by atoms with Crippen LogP contribution in [0.25, 0.3) is 11.3 Å². The summed E-state index contributed by atoms with van der Waals surface area (Å²) in [6, 6.07) is 11.1. The van der Waals surface area contributed by atoms with Gasteiger partial charge in [0.2, 0.25) is 10.0 Å². The van der Waals surface area contributed by atoms with Crippen molar-refractivity contribution in [3.05, 3.63) is 63.5 Å². The molecule has 7 nitrogen and oxygen atoms in total. The number of aromatic nitrogens is 1. The van der Waals surface area contributed by atoms with E-state index in [1.807, 2.05) is 31.4 Å². The predicted octanol–water partition coefficient (Wildman–Crippen LogP) is 3.90. The molecule has 5 rings (SSSR count). The van der Waals surface area contributed by atoms with Crippen molar-refractivity contribution in [3.63, 3.8) is 0 Å². The zero-order valence-electron chi connectivity index (χ0n) is 19.3. The van der Waals surface area contributed by atoms with Crippen molar-refractivity contribution in [3.8, 4) is 11.3 Å². The number of carbonyl (C=O) groups is 1. The normalized spacial score (nSPS) is 16.6. The zero-order valence-corrected chi connectivity index (χ0v) is 20.9. The Morgan fingerprint density at radius 2 is 1.91 bits per heavy atom. The lowest BCUT2D eigenvalue weighted by molar-refractivity contribution is 0.0730. The predicted molar refractivity (Wildman–Crippen MR) is 133 cm³/mol. The number of anilines is 1. The number of amides is 1. The Kier molecular flexibility index (Phi) is 6.28. The number of ether oxygens (including phenoxy) is 1. The molecule has 0 aliphatic carbocycles. The standard InChI is InChI=1S/C25H27N3O4S2/c1-3-18-4-5-21(15-24(18)34(30,31)27-10-12-32-13-11-27)25(29)28-9-8-20-14-19(6-7-23(20)28)22-16-33-17(2)26-22/h4-7,14-16H,3,8-13H2,1-2H3. The molecule has 1 saturated heterocycles. The minimum Gasteiger partial charge on any atom is -0.379 e. The first kappa shape index (κ1) is 23.2. The van der Waals surface area contributed by atoms with Gasteiger partial charge in [-0.2, -0.15) is 4.31 Å². The van der Waals surface area contributed by atoms with E-state index in [2.05, 4.69) is 11.1 Å². The lowest BCUT2D eigenvalue weighted by Crippen LogP contribution is -2.41. The van der Waals surface area contributed by atoms with E-state index in [0.29, 0.717) is 50.4 Å². The Labute approximate surface area is 204 Å². The van der Waals surface area contributed by atoms with Gasteiger partial charge in [-0.3, -0.25) is 4.79 Å². The highest BCUT2D eigenvalue weighted by atomic mass is 32.2. The molecule has 2 aliphatic rings. The third kappa shape index (κ3) is 4.17. The molecule has 34 heavy (non-hydrogen) atoms. The molecule has 2 aliphatic heterocycles. The van der Waals surface area contributed by atoms with Crippen molar-refractivity contribution in [1.29, 1.82) is 0 Å². The summed E-state index contributed by atoms with van der Waals surface area (Å²) in [5.41, 5.74) is 5.07. The van der Waals surface area contributed by atoms with Crippen molar-refractivity contribution >= 4 is 33.0 Å². The van der Waals surface area contributed by atoms with Crippen molar-refractivity contribution in [2.24, 2.45) is 0 Å². The van der Waals surface area contributed by atoms with Crippen LogP contribution in [-0.2, 0) is 27.6 Å². The number of fused-ring (bicyclic) bond motifs is 1. The highest BCUT2D eigenvalue weighted by Gasteiger charge is 2.31. The van der Waals surface area contributed by atoms with E-state index < -0.39 is 10.0 Å². The Balaban J connectivity index is 1.45. The maximum Gasteiger partial charge on any atom is 0.258 e. The first-order valence-electron chi connectivity index (χ1n) is 11.5. The molecular formula is C25H27N3O4S2. The van der Waals surface area contributed by atoms with Gasteiger partial charge in [0.1, 0.15) is 0 Å². The summed E-state index contributed by atoms with van der Waals surface area (Å²) in [5, 5.41) is 3.06. The summed E-state index contributed by atoms with van der Waals surface area (Å²) in [4.78, 5) is 20.0. The Morgan fingerprint density at radius 3 is 2.62 bits per heavy atom. The topological polar surface area (TPSA) is 79.8 Å². The molecule has 1 aromatic heterocycles. The molecule has 1 amide bonds. The molecule has 9 heteroatoms. The number of rotatable bonds is 5. The Morgan fingerprint density at radius 1 is 1.12 bits per heavy atom. The maximum absolute atomic E-state index is 13.5. The zero-order chi connectivity index (χ0) is 23.9. The number of hydrogen-bond donors (Lipinski definition) is 0. The maximum atomic E-state index is 13.5. The number of morpholine rings is 1. The summed E-state index contributed by atoms with van der Waals surface area (Å²) in [5.74, 6) is -0.183. The van der Waals surface area contributed by atoms with E-state index in [1.165, 1.54) is 4.31 Å². The first-order valence-corrected chi connectivity index (χ1v) is 13.8. The Hall–Kier alpha value is -2.59. The summed E-state index contributed by atoms with van der Waals surface area (Å²) >= 11 is 1.62. The van der Waals surface area contributed by atoms with Crippen LogP contribution in [0.2, 0.25) is 0 Å². The van der Waals surface area contributed by atoms with Gasteiger partial charge < -0.3 is 9.64 Å². The number of hydrogen-bond acceptors (Lipinski definition) is 6. The van der Waals surface area contributed by atoms with Crippen molar-refractivity contribution in [1.82, 2.24) is 9.29 Å². The first-order chi connectivity index (χ1) is 16.4. The van der Waals surface area contributed by atoms with Crippen LogP contribution in [0.15, 0.2) is 46.7 Å². The van der Waals surface area contributed by atoms with E-state index in [1.54, 1.807) is 34.4 Å². The molecule has 1 fully saturated rings. The molecule has 3 heterocycles. The minimum absolute atomic E-state index is 0.183. The molecule has 0 atom stereocenters. The number of aryl methyl sites for hydroxylation is 2. The number of nitrogens with zero attached hydrogens (tertiary/aromatic N) is 3. The molecule has 3 aromatic rings. The van der Waals surface area contributed by atoms with Gasteiger partial charge >= 0.3 is 0 Å². The van der Waals surface area contributed by atoms with Gasteiger partial charge in [-0.25, -0.2) is 13.4 Å². The van der Waals surface area contributed by atoms with Crippen LogP contribution < -0.4 is 4.90 Å². The summed E-state index contributed by atoms with van der Waals surface area (Å²) in [6.45, 7) is 5.88. The van der Waals surface area contributed by atoms with Gasteiger partial charge in [0.15, 0.2) is 0 Å². The monoisotopic (exact) mass is 497 g/mol. The van der Waals surface area contributed by atoms with Gasteiger partial charge in [-0.1, -0.05) is 19.1 Å². The average Bonchev–Trinajstić information content (AvgIpc) is 3.49. The number of benzene rings is 2. The highest BCUT2D eigenvalue weighted by Crippen LogP contribution is 2.34. The van der Waals surface area contributed by atoms with Gasteiger partial charge in [-0.05, 0) is 55.2 Å². The fraction of sp³-hybridized carbons (Fsp3) is 0.360. The SMILES string of the molecule is CCc1ccc(C(=O)N2CCc3cc(-c4csc(C)n4)ccc32)cc1S(=O)(=O)N1CCOCC1. The van der Waals surface area contributed by atoms with E-state index >= 15 is 0 Å². The number of thiazole rings is 1. The van der Waals surface area contributed by atoms with Crippen LogP contribution in [0.3, 0.4) is 0 Å². The molecule has 2 aromatic carbocycles. The van der Waals surface area contributed by atoms with Crippen LogP contribution in [0.4, 0.5) is 5.69 Å². The molecule has 178 valence electrons. The molecule has 0 bridgehead atoms. The largest absolute Gasteiger partial charge is 0.379 e. The quantitative estimate of drug-likeness (QED) is 0.534. The summed E-state index contributed by atoms with van der Waals surface area (Å²) < 4.78 is 33.5. The van der Waals surface area contributed by atoms with Gasteiger partial charge in [0.05, 0.1) is 28.8 Å². The van der Waals surface area contributed by atoms with E-state index in [0.717, 1.165) is 33.9 Å². The Bertz CT molecular complexity index is 1340. The van der Waals surface area contributed by atoms with Crippen LogP contribution in [-0.4, -0.2) is 56.5 Å². The van der Waals surface area contributed by atoms with E-state index in [-0.39, 0.29) is 10.8 Å². The minimum atomic E-state index is -3.70. The van der Waals surface area contributed by atoms with Crippen LogP contribution in [0, 0.1) is 6.92 Å². The van der Waals surface area contributed by atoms with Crippen LogP contribution in [0.1, 0.15) is 33.4 Å². The third-order valence-corrected chi connectivity index (χ3v) is 9.17. The number of carbonyl (C=O) groups excluding carboxylic acids is 1. The summed E-state index contributed by atoms with van der Waals surface area (Å²) in [6.07, 6.45) is 1.32. The lowest BCUT2D eigenvalue weighted by atomic mass is 10.1. The van der Waals surface area contributed by atoms with E-state index in [9.17, 15) is 13.2 Å². The van der Waals surface area contributed by atoms with Crippen molar-refractivity contribution in [2.45, 2.75) is 31.6 Å². The van der Waals surface area contributed by atoms with Gasteiger partial charge in [-0.15, -0.1) is 11.3 Å². The van der Waals surface area contributed by atoms with Gasteiger partial charge in [0, 0.05) is 41.8 Å². The lowest BCUT2D eigenvalue weighted by Gasteiger charge is -2.27. The fourth-order valence-corrected chi connectivity index (χ4v) is 6.92. The van der Waals surface area contributed by atoms with Crippen molar-refractivity contribution in [2.75, 3.05) is 37.7 Å². The smallest absolute Gasteiger partial charge is 0.258 e. The molecule has 0 saturated carbocycles. The third-order valence-electron chi connectivity index (χ3n) is 6.42. The average molecular weight is 498 g/mol.